The number of nitrogens with one attached hydrogen (secondary N) is 2. The molecule has 1 aliphatic rings. The van der Waals surface area contributed by atoms with Crippen LogP contribution in [0.2, 0.25) is 5.02 Å². The zero-order valence-corrected chi connectivity index (χ0v) is 20.0. The number of pyridine rings is 1. The van der Waals surface area contributed by atoms with Gasteiger partial charge in [0.15, 0.2) is 5.78 Å². The van der Waals surface area contributed by atoms with Crippen LogP contribution in [0.5, 0.6) is 11.5 Å². The Kier molecular flexibility index (Phi) is 6.72. The summed E-state index contributed by atoms with van der Waals surface area (Å²) in [6.07, 6.45) is 4.87. The lowest BCUT2D eigenvalue weighted by Gasteiger charge is -2.29. The smallest absolute Gasteiger partial charge is 0.196 e. The minimum absolute atomic E-state index is 0.0261. The molecule has 0 aliphatic carbocycles. The van der Waals surface area contributed by atoms with Gasteiger partial charge in [0, 0.05) is 35.8 Å². The fraction of sp³-hybridized carbons (Fsp3) is 0.259. The molecular weight excluding hydrogens is 466 g/mol. The van der Waals surface area contributed by atoms with Gasteiger partial charge in [0.1, 0.15) is 17.1 Å². The van der Waals surface area contributed by atoms with Gasteiger partial charge in [0.25, 0.3) is 0 Å². The number of aromatic nitrogens is 2. The normalized spacial score (nSPS) is 17.9. The maximum Gasteiger partial charge on any atom is 0.196 e. The first kappa shape index (κ1) is 23.4. The highest BCUT2D eigenvalue weighted by molar-refractivity contribution is 6.35. The number of aliphatic hydroxyl groups excluding tert-OH is 1. The Balaban J connectivity index is 1.39. The van der Waals surface area contributed by atoms with Crippen LogP contribution >= 0.6 is 11.6 Å². The summed E-state index contributed by atoms with van der Waals surface area (Å²) in [6.45, 7) is 2.52. The minimum Gasteiger partial charge on any atom is -0.457 e. The van der Waals surface area contributed by atoms with Crippen LogP contribution in [-0.4, -0.2) is 46.2 Å². The van der Waals surface area contributed by atoms with Gasteiger partial charge in [-0.2, -0.15) is 0 Å². The van der Waals surface area contributed by atoms with E-state index in [1.54, 1.807) is 30.6 Å². The number of fused-ring (bicyclic) bond motifs is 1. The predicted molar refractivity (Wildman–Crippen MR) is 136 cm³/mol. The first-order valence-electron chi connectivity index (χ1n) is 11.6. The average molecular weight is 492 g/mol. The van der Waals surface area contributed by atoms with E-state index >= 15 is 0 Å². The molecule has 2 atom stereocenters. The first-order chi connectivity index (χ1) is 17.0. The number of aromatic amines is 1. The van der Waals surface area contributed by atoms with Crippen molar-refractivity contribution >= 4 is 34.1 Å². The zero-order chi connectivity index (χ0) is 24.4. The van der Waals surface area contributed by atoms with Crippen LogP contribution < -0.4 is 10.1 Å². The van der Waals surface area contributed by atoms with Crippen molar-refractivity contribution in [1.82, 2.24) is 9.97 Å². The quantitative estimate of drug-likeness (QED) is 0.295. The number of hydrogen-bond donors (Lipinski definition) is 3. The Bertz CT molecular complexity index is 1340. The van der Waals surface area contributed by atoms with Crippen molar-refractivity contribution in [3.05, 3.63) is 82.6 Å². The van der Waals surface area contributed by atoms with Crippen molar-refractivity contribution in [2.24, 2.45) is 0 Å². The van der Waals surface area contributed by atoms with E-state index in [-0.39, 0.29) is 24.5 Å². The summed E-state index contributed by atoms with van der Waals surface area (Å²) in [5.74, 6) is 1.04. The van der Waals surface area contributed by atoms with Gasteiger partial charge in [-0.25, -0.2) is 4.98 Å². The maximum absolute atomic E-state index is 13.5. The number of carbonyl (C=O) groups is 1. The molecule has 2 aromatic heterocycles. The molecule has 2 aromatic carbocycles. The molecule has 35 heavy (non-hydrogen) atoms. The van der Waals surface area contributed by atoms with Gasteiger partial charge >= 0.3 is 0 Å². The molecular formula is C27H26ClN3O4. The van der Waals surface area contributed by atoms with Crippen LogP contribution in [0.4, 0.5) is 5.69 Å². The highest BCUT2D eigenvalue weighted by atomic mass is 35.5. The number of hydrogen-bond acceptors (Lipinski definition) is 6. The molecule has 180 valence electrons. The Labute approximate surface area is 208 Å². The zero-order valence-electron chi connectivity index (χ0n) is 19.3. The molecule has 0 unspecified atom stereocenters. The van der Waals surface area contributed by atoms with Crippen LogP contribution in [0.15, 0.2) is 60.9 Å². The second-order valence-electron chi connectivity index (χ2n) is 8.73. The Morgan fingerprint density at radius 2 is 1.97 bits per heavy atom. The highest BCUT2D eigenvalue weighted by Gasteiger charge is 2.24. The molecule has 1 fully saturated rings. The summed E-state index contributed by atoms with van der Waals surface area (Å²) >= 11 is 6.53. The second-order valence-corrected chi connectivity index (χ2v) is 9.13. The van der Waals surface area contributed by atoms with Crippen LogP contribution in [0.25, 0.3) is 11.0 Å². The second kappa shape index (κ2) is 10.1. The molecule has 5 rings (SSSR count). The molecule has 3 heterocycles. The van der Waals surface area contributed by atoms with Crippen molar-refractivity contribution in [2.75, 3.05) is 18.5 Å². The van der Waals surface area contributed by atoms with E-state index in [9.17, 15) is 9.90 Å². The molecule has 7 nitrogen and oxygen atoms in total. The van der Waals surface area contributed by atoms with Crippen molar-refractivity contribution in [3.8, 4) is 11.5 Å². The number of ketones is 1. The average Bonchev–Trinajstić information content (AvgIpc) is 3.31. The molecule has 0 amide bonds. The molecule has 0 radical (unpaired) electrons. The van der Waals surface area contributed by atoms with Crippen LogP contribution in [-0.2, 0) is 4.74 Å². The molecule has 4 aromatic rings. The van der Waals surface area contributed by atoms with E-state index in [1.807, 2.05) is 37.3 Å². The van der Waals surface area contributed by atoms with Gasteiger partial charge in [-0.3, -0.25) is 4.79 Å². The number of benzene rings is 2. The molecule has 0 saturated carbocycles. The van der Waals surface area contributed by atoms with Crippen molar-refractivity contribution in [1.29, 1.82) is 0 Å². The van der Waals surface area contributed by atoms with E-state index in [2.05, 4.69) is 15.3 Å². The molecule has 1 aliphatic heterocycles. The van der Waals surface area contributed by atoms with E-state index in [1.165, 1.54) is 0 Å². The minimum atomic E-state index is -0.209. The Morgan fingerprint density at radius 1 is 1.17 bits per heavy atom. The third-order valence-electron chi connectivity index (χ3n) is 6.19. The van der Waals surface area contributed by atoms with E-state index in [0.717, 1.165) is 24.1 Å². The summed E-state index contributed by atoms with van der Waals surface area (Å²) in [6, 6.07) is 14.7. The number of anilines is 1. The SMILES string of the molecule is Cc1ccc(Oc2ccc(C(=O)c3c[nH]c4nccc(N[C@@H]5CC[C@@H](CO)OC5)c34)c(Cl)c2)cc1. The summed E-state index contributed by atoms with van der Waals surface area (Å²) in [5.41, 5.74) is 3.41. The van der Waals surface area contributed by atoms with E-state index < -0.39 is 0 Å². The number of nitrogens with zero attached hydrogens (tertiary/aromatic N) is 1. The molecule has 8 heteroatoms. The van der Waals surface area contributed by atoms with E-state index in [4.69, 9.17) is 21.1 Å². The number of aryl methyl sites for hydroxylation is 1. The molecule has 0 bridgehead atoms. The topological polar surface area (TPSA) is 96.5 Å². The number of aliphatic hydroxyl groups is 1. The van der Waals surface area contributed by atoms with Gasteiger partial charge in [0.05, 0.1) is 35.3 Å². The molecule has 3 N–H and O–H groups in total. The number of carbonyl (C=O) groups excluding carboxylic acids is 1. The third-order valence-corrected chi connectivity index (χ3v) is 6.51. The van der Waals surface area contributed by atoms with E-state index in [0.29, 0.717) is 45.3 Å². The third kappa shape index (κ3) is 5.03. The largest absolute Gasteiger partial charge is 0.457 e. The fourth-order valence-electron chi connectivity index (χ4n) is 4.27. The number of H-pyrrole nitrogens is 1. The van der Waals surface area contributed by atoms with Crippen molar-refractivity contribution in [2.45, 2.75) is 31.9 Å². The van der Waals surface area contributed by atoms with Gasteiger partial charge in [-0.15, -0.1) is 0 Å². The van der Waals surface area contributed by atoms with Crippen LogP contribution in [0, 0.1) is 6.92 Å². The van der Waals surface area contributed by atoms with Gasteiger partial charge in [0.2, 0.25) is 0 Å². The number of halogens is 1. The van der Waals surface area contributed by atoms with Crippen LogP contribution in [0.1, 0.15) is 34.3 Å². The molecule has 1 saturated heterocycles. The summed E-state index contributed by atoms with van der Waals surface area (Å²) in [4.78, 5) is 21.0. The van der Waals surface area contributed by atoms with Gasteiger partial charge < -0.3 is 24.9 Å². The fourth-order valence-corrected chi connectivity index (χ4v) is 4.53. The van der Waals surface area contributed by atoms with Crippen molar-refractivity contribution in [3.63, 3.8) is 0 Å². The Morgan fingerprint density at radius 3 is 2.69 bits per heavy atom. The summed E-state index contributed by atoms with van der Waals surface area (Å²) in [5, 5.41) is 13.8. The summed E-state index contributed by atoms with van der Waals surface area (Å²) in [7, 11) is 0. The predicted octanol–water partition coefficient (Wildman–Crippen LogP) is 5.50. The monoisotopic (exact) mass is 491 g/mol. The highest BCUT2D eigenvalue weighted by Crippen LogP contribution is 2.32. The maximum atomic E-state index is 13.5. The lowest BCUT2D eigenvalue weighted by atomic mass is 10.0. The number of rotatable bonds is 7. The van der Waals surface area contributed by atoms with Gasteiger partial charge in [-0.05, 0) is 50.1 Å². The summed E-state index contributed by atoms with van der Waals surface area (Å²) < 4.78 is 11.6. The number of ether oxygens (including phenoxy) is 2. The van der Waals surface area contributed by atoms with Crippen molar-refractivity contribution < 1.29 is 19.4 Å². The van der Waals surface area contributed by atoms with Crippen LogP contribution in [0.3, 0.4) is 0 Å². The lowest BCUT2D eigenvalue weighted by Crippen LogP contribution is -2.36. The van der Waals surface area contributed by atoms with Gasteiger partial charge in [-0.1, -0.05) is 29.3 Å². The lowest BCUT2D eigenvalue weighted by molar-refractivity contribution is -0.0223. The molecule has 0 spiro atoms. The Hall–Kier alpha value is -3.39. The first-order valence-corrected chi connectivity index (χ1v) is 11.9. The standard InChI is InChI=1S/C27H26ClN3O4/c1-16-2-5-18(6-3-16)35-19-8-9-21(23(28)12-19)26(33)22-13-30-27-25(22)24(10-11-29-27)31-17-4-7-20(14-32)34-15-17/h2-3,5-6,8-13,17,20,32H,4,7,14-15H2,1H3,(H2,29,30,31)/t17-,20+/m1/s1.